The Morgan fingerprint density at radius 2 is 1.58 bits per heavy atom. The molecule has 1 aromatic carbocycles. The number of Topliss-reactive ketones (excluding diaryl/α,β-unsaturated/α-hetero) is 1. The van der Waals surface area contributed by atoms with E-state index in [1.807, 2.05) is 32.9 Å². The van der Waals surface area contributed by atoms with Gasteiger partial charge in [0.25, 0.3) is 0 Å². The predicted octanol–water partition coefficient (Wildman–Crippen LogP) is 7.02. The second-order valence-electron chi connectivity index (χ2n) is 11.0. The van der Waals surface area contributed by atoms with E-state index in [9.17, 15) is 14.2 Å². The van der Waals surface area contributed by atoms with Crippen LogP contribution in [-0.2, 0) is 14.1 Å². The zero-order chi connectivity index (χ0) is 23.6. The molecule has 0 aromatic heterocycles. The Balaban J connectivity index is 2.39. The van der Waals surface area contributed by atoms with Crippen molar-refractivity contribution in [3.05, 3.63) is 34.4 Å². The van der Waals surface area contributed by atoms with Crippen molar-refractivity contribution in [2.45, 2.75) is 92.7 Å². The Kier molecular flexibility index (Phi) is 7.90. The van der Waals surface area contributed by atoms with Crippen LogP contribution in [0.15, 0.2) is 12.1 Å². The highest BCUT2D eigenvalue weighted by Crippen LogP contribution is 2.55. The van der Waals surface area contributed by atoms with E-state index in [4.69, 9.17) is 4.74 Å². The lowest BCUT2D eigenvalue weighted by molar-refractivity contribution is -0.150. The number of aryl methyl sites for hydroxylation is 3. The Bertz CT molecular complexity index is 822. The second kappa shape index (κ2) is 9.53. The molecule has 0 bridgehead atoms. The van der Waals surface area contributed by atoms with Gasteiger partial charge in [-0.05, 0) is 69.4 Å². The normalized spacial score (nSPS) is 19.1. The standard InChI is InChI=1S/C26H39O4P/c1-17-13-19(3)21(20(4)14-17)22(27)26(11-9-10-12-26)25(8,31-29)23(28)30-16-18(2)15-24(5,6)7/h13-14,18H,9-12,15-16H2,1-8H3. The fraction of sp³-hybridized carbons (Fsp3) is 0.692. The maximum Gasteiger partial charge on any atom is 0.324 e. The van der Waals surface area contributed by atoms with Crippen LogP contribution in [0.4, 0.5) is 0 Å². The first kappa shape index (κ1) is 25.7. The van der Waals surface area contributed by atoms with Crippen molar-refractivity contribution in [2.24, 2.45) is 16.7 Å². The Morgan fingerprint density at radius 1 is 1.06 bits per heavy atom. The van der Waals surface area contributed by atoms with E-state index in [-0.39, 0.29) is 32.2 Å². The number of rotatable bonds is 8. The molecular formula is C26H39O4P. The molecule has 0 spiro atoms. The van der Waals surface area contributed by atoms with Crippen molar-refractivity contribution in [1.29, 1.82) is 0 Å². The van der Waals surface area contributed by atoms with Gasteiger partial charge in [0.15, 0.2) is 19.4 Å². The summed E-state index contributed by atoms with van der Waals surface area (Å²) in [5, 5.41) is -1.40. The molecule has 1 aliphatic rings. The quantitative estimate of drug-likeness (QED) is 0.244. The number of ether oxygens (including phenoxy) is 1. The summed E-state index contributed by atoms with van der Waals surface area (Å²) in [4.78, 5) is 27.3. The lowest BCUT2D eigenvalue weighted by Crippen LogP contribution is -2.52. The van der Waals surface area contributed by atoms with Crippen molar-refractivity contribution in [3.63, 3.8) is 0 Å². The molecule has 1 saturated carbocycles. The first-order valence-corrected chi connectivity index (χ1v) is 12.2. The Hall–Kier alpha value is -1.54. The van der Waals surface area contributed by atoms with Crippen LogP contribution in [0, 0.1) is 37.5 Å². The summed E-state index contributed by atoms with van der Waals surface area (Å²) in [6.07, 6.45) is 3.70. The van der Waals surface area contributed by atoms with Crippen LogP contribution in [0.25, 0.3) is 0 Å². The molecular weight excluding hydrogens is 407 g/mol. The molecule has 0 N–H and O–H groups in total. The van der Waals surface area contributed by atoms with Crippen LogP contribution in [0.3, 0.4) is 0 Å². The van der Waals surface area contributed by atoms with E-state index in [0.717, 1.165) is 36.0 Å². The Morgan fingerprint density at radius 3 is 2.03 bits per heavy atom. The van der Waals surface area contributed by atoms with E-state index in [0.29, 0.717) is 18.4 Å². The number of hydrogen-bond acceptors (Lipinski definition) is 4. The minimum atomic E-state index is -1.40. The number of carbonyl (C=O) groups excluding carboxylic acids is 2. The van der Waals surface area contributed by atoms with Crippen LogP contribution in [-0.4, -0.2) is 23.5 Å². The van der Waals surface area contributed by atoms with Crippen molar-refractivity contribution < 1.29 is 18.9 Å². The van der Waals surface area contributed by atoms with Gasteiger partial charge < -0.3 is 4.74 Å². The van der Waals surface area contributed by atoms with Gasteiger partial charge in [-0.1, -0.05) is 58.2 Å². The van der Waals surface area contributed by atoms with E-state index in [1.54, 1.807) is 6.92 Å². The van der Waals surface area contributed by atoms with Crippen LogP contribution < -0.4 is 0 Å². The largest absolute Gasteiger partial charge is 0.464 e. The first-order valence-electron chi connectivity index (χ1n) is 11.4. The molecule has 0 heterocycles. The molecule has 2 atom stereocenters. The Labute approximate surface area is 189 Å². The molecule has 4 nitrogen and oxygen atoms in total. The van der Waals surface area contributed by atoms with Gasteiger partial charge in [-0.3, -0.25) is 14.2 Å². The minimum Gasteiger partial charge on any atom is -0.464 e. The van der Waals surface area contributed by atoms with Gasteiger partial charge in [-0.2, -0.15) is 0 Å². The highest BCUT2D eigenvalue weighted by Gasteiger charge is 2.61. The minimum absolute atomic E-state index is 0.0643. The average Bonchev–Trinajstić information content (AvgIpc) is 3.14. The van der Waals surface area contributed by atoms with Crippen LogP contribution >= 0.6 is 8.46 Å². The summed E-state index contributed by atoms with van der Waals surface area (Å²) in [5.41, 5.74) is 2.71. The third-order valence-corrected chi connectivity index (χ3v) is 7.74. The van der Waals surface area contributed by atoms with E-state index in [2.05, 4.69) is 27.7 Å². The maximum absolute atomic E-state index is 14.0. The van der Waals surface area contributed by atoms with Crippen molar-refractivity contribution in [3.8, 4) is 0 Å². The fourth-order valence-corrected chi connectivity index (χ4v) is 6.11. The first-order chi connectivity index (χ1) is 14.3. The van der Waals surface area contributed by atoms with Crippen LogP contribution in [0.2, 0.25) is 0 Å². The zero-order valence-electron chi connectivity index (χ0n) is 20.6. The monoisotopic (exact) mass is 446 g/mol. The summed E-state index contributed by atoms with van der Waals surface area (Å²) < 4.78 is 18.2. The molecule has 1 fully saturated rings. The number of benzene rings is 1. The number of ketones is 1. The molecule has 0 amide bonds. The molecule has 172 valence electrons. The summed E-state index contributed by atoms with van der Waals surface area (Å²) in [5.74, 6) is -0.401. The fourth-order valence-electron chi connectivity index (χ4n) is 5.47. The third kappa shape index (κ3) is 5.28. The SMILES string of the molecule is Cc1cc(C)c(C(=O)C2(C(C)(P=O)C(=O)OCC(C)CC(C)(C)C)CCCC2)c(C)c1. The summed E-state index contributed by atoms with van der Waals surface area (Å²) in [7, 11) is -0.351. The molecule has 0 saturated heterocycles. The molecule has 1 aliphatic carbocycles. The van der Waals surface area contributed by atoms with Crippen LogP contribution in [0.5, 0.6) is 0 Å². The predicted molar refractivity (Wildman–Crippen MR) is 126 cm³/mol. The van der Waals surface area contributed by atoms with Crippen molar-refractivity contribution >= 4 is 20.2 Å². The topological polar surface area (TPSA) is 60.4 Å². The molecule has 2 rings (SSSR count). The average molecular weight is 447 g/mol. The van der Waals surface area contributed by atoms with Crippen molar-refractivity contribution in [1.82, 2.24) is 0 Å². The smallest absolute Gasteiger partial charge is 0.324 e. The third-order valence-electron chi connectivity index (χ3n) is 6.77. The van der Waals surface area contributed by atoms with Crippen LogP contribution in [0.1, 0.15) is 93.8 Å². The molecule has 5 heteroatoms. The van der Waals surface area contributed by atoms with E-state index in [1.165, 1.54) is 0 Å². The number of hydrogen-bond donors (Lipinski definition) is 0. The zero-order valence-corrected chi connectivity index (χ0v) is 21.4. The van der Waals surface area contributed by atoms with Gasteiger partial charge in [-0.25, -0.2) is 0 Å². The lowest BCUT2D eigenvalue weighted by atomic mass is 9.67. The van der Waals surface area contributed by atoms with E-state index < -0.39 is 16.5 Å². The number of esters is 1. The molecule has 0 aliphatic heterocycles. The van der Waals surface area contributed by atoms with Gasteiger partial charge in [0.2, 0.25) is 0 Å². The molecule has 2 unspecified atom stereocenters. The van der Waals surface area contributed by atoms with Gasteiger partial charge >= 0.3 is 5.97 Å². The highest BCUT2D eigenvalue weighted by atomic mass is 31.1. The maximum atomic E-state index is 14.0. The highest BCUT2D eigenvalue weighted by molar-refractivity contribution is 7.28. The second-order valence-corrected chi connectivity index (χ2v) is 12.1. The molecule has 31 heavy (non-hydrogen) atoms. The van der Waals surface area contributed by atoms with Crippen molar-refractivity contribution in [2.75, 3.05) is 6.61 Å². The van der Waals surface area contributed by atoms with E-state index >= 15 is 0 Å². The molecule has 0 radical (unpaired) electrons. The summed E-state index contributed by atoms with van der Waals surface area (Å²) >= 11 is 0. The van der Waals surface area contributed by atoms with Gasteiger partial charge in [0.1, 0.15) is 0 Å². The lowest BCUT2D eigenvalue weighted by Gasteiger charge is -2.39. The summed E-state index contributed by atoms with van der Waals surface area (Å²) in [6, 6.07) is 4.00. The summed E-state index contributed by atoms with van der Waals surface area (Å²) in [6.45, 7) is 16.3. The number of carbonyl (C=O) groups is 2. The van der Waals surface area contributed by atoms with Gasteiger partial charge in [0.05, 0.1) is 12.0 Å². The van der Waals surface area contributed by atoms with Gasteiger partial charge in [-0.15, -0.1) is 0 Å². The molecule has 1 aromatic rings. The van der Waals surface area contributed by atoms with Gasteiger partial charge in [0, 0.05) is 5.56 Å².